The Morgan fingerprint density at radius 3 is 2.79 bits per heavy atom. The molecule has 2 aliphatic rings. The molecule has 1 saturated heterocycles. The summed E-state index contributed by atoms with van der Waals surface area (Å²) in [5.74, 6) is -1.46. The summed E-state index contributed by atoms with van der Waals surface area (Å²) in [6.45, 7) is 0.0956. The van der Waals surface area contributed by atoms with E-state index in [-0.39, 0.29) is 43.7 Å². The van der Waals surface area contributed by atoms with Crippen molar-refractivity contribution < 1.29 is 19.2 Å². The summed E-state index contributed by atoms with van der Waals surface area (Å²) in [5, 5.41) is 13.1. The van der Waals surface area contributed by atoms with E-state index >= 15 is 0 Å². The van der Waals surface area contributed by atoms with Crippen molar-refractivity contribution in [2.45, 2.75) is 32.0 Å². The number of amides is 4. The minimum Gasteiger partial charge on any atom is -0.324 e. The number of nitrogens with one attached hydrogen (secondary N) is 2. The van der Waals surface area contributed by atoms with E-state index < -0.39 is 11.9 Å². The number of nitrogens with zero attached hydrogens (tertiary/aromatic N) is 5. The molecule has 1 unspecified atom stereocenters. The van der Waals surface area contributed by atoms with Crippen LogP contribution < -0.4 is 10.6 Å². The van der Waals surface area contributed by atoms with Crippen molar-refractivity contribution in [1.82, 2.24) is 30.2 Å². The third kappa shape index (κ3) is 3.95. The standard InChI is InChI=1S/C22H19N7O4/c30-19-8-7-18(21(32)25-19)29-10-14-13(22(29)33)4-3-6-15(14)24-20(31)12-28-11-17(26-27-28)16-5-1-2-9-23-16/h1-6,9,11,18H,7-8,10,12H2,(H,24,31)(H,25,30,32). The molecule has 4 heterocycles. The smallest absolute Gasteiger partial charge is 0.255 e. The number of carbonyl (C=O) groups excluding carboxylic acids is 4. The van der Waals surface area contributed by atoms with Gasteiger partial charge in [0.05, 0.1) is 11.9 Å². The number of imide groups is 1. The molecule has 11 nitrogen and oxygen atoms in total. The molecular formula is C22H19N7O4. The molecule has 1 atom stereocenters. The maximum Gasteiger partial charge on any atom is 0.255 e. The van der Waals surface area contributed by atoms with Crippen LogP contribution in [0.2, 0.25) is 0 Å². The molecule has 166 valence electrons. The van der Waals surface area contributed by atoms with E-state index in [4.69, 9.17) is 0 Å². The van der Waals surface area contributed by atoms with Crippen molar-refractivity contribution in [2.24, 2.45) is 0 Å². The Kier molecular flexibility index (Phi) is 5.13. The number of aromatic nitrogens is 4. The summed E-state index contributed by atoms with van der Waals surface area (Å²) in [5.41, 5.74) is 2.75. The second kappa shape index (κ2) is 8.26. The summed E-state index contributed by atoms with van der Waals surface area (Å²) < 4.78 is 1.41. The van der Waals surface area contributed by atoms with E-state index in [1.165, 1.54) is 9.58 Å². The largest absolute Gasteiger partial charge is 0.324 e. The molecule has 0 spiro atoms. The van der Waals surface area contributed by atoms with Crippen molar-refractivity contribution in [1.29, 1.82) is 0 Å². The van der Waals surface area contributed by atoms with Crippen molar-refractivity contribution in [2.75, 3.05) is 5.32 Å². The predicted octanol–water partition coefficient (Wildman–Crippen LogP) is 0.740. The minimum absolute atomic E-state index is 0.0751. The fourth-order valence-corrected chi connectivity index (χ4v) is 4.05. The number of fused-ring (bicyclic) bond motifs is 1. The Labute approximate surface area is 187 Å². The van der Waals surface area contributed by atoms with Crippen molar-refractivity contribution in [3.8, 4) is 11.4 Å². The second-order valence-corrected chi connectivity index (χ2v) is 7.80. The molecule has 0 aliphatic carbocycles. The first-order chi connectivity index (χ1) is 16.0. The van der Waals surface area contributed by atoms with Crippen LogP contribution in [-0.4, -0.2) is 54.5 Å². The van der Waals surface area contributed by atoms with Crippen molar-refractivity contribution >= 4 is 29.3 Å². The SMILES string of the molecule is O=C1CCC(N2Cc3c(NC(=O)Cn4cc(-c5ccccn5)nn4)cccc3C2=O)C(=O)N1. The van der Waals surface area contributed by atoms with Gasteiger partial charge in [-0.05, 0) is 30.7 Å². The number of hydrogen-bond acceptors (Lipinski definition) is 7. The van der Waals surface area contributed by atoms with Gasteiger partial charge in [-0.25, -0.2) is 4.68 Å². The Hall–Kier alpha value is -4.41. The molecule has 2 aromatic heterocycles. The van der Waals surface area contributed by atoms with Crippen LogP contribution in [0.3, 0.4) is 0 Å². The number of pyridine rings is 1. The number of anilines is 1. The lowest BCUT2D eigenvalue weighted by Gasteiger charge is -2.29. The van der Waals surface area contributed by atoms with E-state index in [1.807, 2.05) is 6.07 Å². The molecular weight excluding hydrogens is 426 g/mol. The quantitative estimate of drug-likeness (QED) is 0.552. The van der Waals surface area contributed by atoms with Gasteiger partial charge in [0.25, 0.3) is 5.91 Å². The molecule has 0 bridgehead atoms. The molecule has 4 amide bonds. The van der Waals surface area contributed by atoms with Crippen LogP contribution in [0.4, 0.5) is 5.69 Å². The van der Waals surface area contributed by atoms with E-state index in [2.05, 4.69) is 25.9 Å². The zero-order valence-corrected chi connectivity index (χ0v) is 17.4. The van der Waals surface area contributed by atoms with Gasteiger partial charge in [0.15, 0.2) is 0 Å². The highest BCUT2D eigenvalue weighted by Crippen LogP contribution is 2.32. The van der Waals surface area contributed by atoms with E-state index in [1.54, 1.807) is 42.7 Å². The third-order valence-electron chi connectivity index (χ3n) is 5.63. The topological polar surface area (TPSA) is 139 Å². The van der Waals surface area contributed by atoms with Gasteiger partial charge < -0.3 is 10.2 Å². The highest BCUT2D eigenvalue weighted by Gasteiger charge is 2.39. The van der Waals surface area contributed by atoms with Gasteiger partial charge in [-0.15, -0.1) is 5.10 Å². The normalized spacial score (nSPS) is 17.6. The fourth-order valence-electron chi connectivity index (χ4n) is 4.05. The van der Waals surface area contributed by atoms with Gasteiger partial charge >= 0.3 is 0 Å². The third-order valence-corrected chi connectivity index (χ3v) is 5.63. The Morgan fingerprint density at radius 2 is 2.00 bits per heavy atom. The summed E-state index contributed by atoms with van der Waals surface area (Å²) in [6.07, 6.45) is 3.73. The molecule has 3 aromatic rings. The molecule has 2 N–H and O–H groups in total. The molecule has 1 aromatic carbocycles. The molecule has 33 heavy (non-hydrogen) atoms. The van der Waals surface area contributed by atoms with Crippen LogP contribution in [0.1, 0.15) is 28.8 Å². The number of piperidine rings is 1. The highest BCUT2D eigenvalue weighted by molar-refractivity contribution is 6.06. The zero-order valence-electron chi connectivity index (χ0n) is 17.4. The van der Waals surface area contributed by atoms with Crippen LogP contribution in [0.5, 0.6) is 0 Å². The van der Waals surface area contributed by atoms with Gasteiger partial charge in [-0.2, -0.15) is 0 Å². The minimum atomic E-state index is -0.716. The van der Waals surface area contributed by atoms with E-state index in [0.717, 1.165) is 0 Å². The molecule has 1 fully saturated rings. The number of carbonyl (C=O) groups is 4. The van der Waals surface area contributed by atoms with Gasteiger partial charge in [0.2, 0.25) is 17.7 Å². The van der Waals surface area contributed by atoms with Crippen LogP contribution >= 0.6 is 0 Å². The average molecular weight is 445 g/mol. The van der Waals surface area contributed by atoms with E-state index in [0.29, 0.717) is 28.2 Å². The number of benzene rings is 1. The lowest BCUT2D eigenvalue weighted by atomic mass is 10.0. The molecule has 11 heteroatoms. The van der Waals surface area contributed by atoms with Crippen LogP contribution in [0, 0.1) is 0 Å². The van der Waals surface area contributed by atoms with Crippen LogP contribution in [0.15, 0.2) is 48.8 Å². The van der Waals surface area contributed by atoms with Crippen LogP contribution in [0.25, 0.3) is 11.4 Å². The molecule has 0 saturated carbocycles. The van der Waals surface area contributed by atoms with Crippen molar-refractivity contribution in [3.05, 3.63) is 59.9 Å². The maximum atomic E-state index is 12.9. The van der Waals surface area contributed by atoms with Crippen LogP contribution in [-0.2, 0) is 27.5 Å². The second-order valence-electron chi connectivity index (χ2n) is 7.80. The van der Waals surface area contributed by atoms with Gasteiger partial charge in [-0.3, -0.25) is 29.5 Å². The lowest BCUT2D eigenvalue weighted by molar-refractivity contribution is -0.137. The monoisotopic (exact) mass is 445 g/mol. The summed E-state index contributed by atoms with van der Waals surface area (Å²) in [7, 11) is 0. The van der Waals surface area contributed by atoms with Gasteiger partial charge in [-0.1, -0.05) is 17.3 Å². The summed E-state index contributed by atoms with van der Waals surface area (Å²) in [4.78, 5) is 54.9. The zero-order chi connectivity index (χ0) is 22.9. The molecule has 5 rings (SSSR count). The van der Waals surface area contributed by atoms with Gasteiger partial charge in [0.1, 0.15) is 18.3 Å². The lowest BCUT2D eigenvalue weighted by Crippen LogP contribution is -2.52. The fraction of sp³-hybridized carbons (Fsp3) is 0.227. The Bertz CT molecular complexity index is 1270. The number of rotatable bonds is 5. The molecule has 0 radical (unpaired) electrons. The predicted molar refractivity (Wildman–Crippen MR) is 114 cm³/mol. The highest BCUT2D eigenvalue weighted by atomic mass is 16.2. The Morgan fingerprint density at radius 1 is 1.12 bits per heavy atom. The average Bonchev–Trinajstić information content (AvgIpc) is 3.40. The Balaban J connectivity index is 1.29. The summed E-state index contributed by atoms with van der Waals surface area (Å²) in [6, 6.07) is 9.76. The summed E-state index contributed by atoms with van der Waals surface area (Å²) >= 11 is 0. The first-order valence-electron chi connectivity index (χ1n) is 10.4. The van der Waals surface area contributed by atoms with Crippen molar-refractivity contribution in [3.63, 3.8) is 0 Å². The number of hydrogen-bond donors (Lipinski definition) is 2. The first kappa shape index (κ1) is 20.5. The van der Waals surface area contributed by atoms with Gasteiger partial charge in [0, 0.05) is 36.0 Å². The first-order valence-corrected chi connectivity index (χ1v) is 10.4. The molecule has 2 aliphatic heterocycles. The van der Waals surface area contributed by atoms with E-state index in [9.17, 15) is 19.2 Å². The maximum absolute atomic E-state index is 12.9.